The Hall–Kier alpha value is -1.73. The SMILES string of the molecule is CN(C)C(=O)N1C[C@@H]2CC[C@H](C1)N(Cc1ccc3nsnc3c1)C2. The van der Waals surface area contributed by atoms with Gasteiger partial charge in [0.2, 0.25) is 0 Å². The lowest BCUT2D eigenvalue weighted by Crippen LogP contribution is -2.45. The van der Waals surface area contributed by atoms with Gasteiger partial charge in [-0.15, -0.1) is 0 Å². The lowest BCUT2D eigenvalue weighted by Gasteiger charge is -2.36. The molecule has 0 saturated carbocycles. The van der Waals surface area contributed by atoms with Crippen LogP contribution in [0.25, 0.3) is 11.0 Å². The molecule has 2 atom stereocenters. The van der Waals surface area contributed by atoms with Crippen LogP contribution in [0.2, 0.25) is 0 Å². The van der Waals surface area contributed by atoms with Crippen LogP contribution in [-0.4, -0.2) is 69.2 Å². The number of nitrogens with zero attached hydrogens (tertiary/aromatic N) is 5. The lowest BCUT2D eigenvalue weighted by molar-refractivity contribution is 0.123. The van der Waals surface area contributed by atoms with Gasteiger partial charge in [0.15, 0.2) is 0 Å². The van der Waals surface area contributed by atoms with Crippen LogP contribution in [0.5, 0.6) is 0 Å². The molecule has 0 N–H and O–H groups in total. The number of amides is 2. The molecular weight excluding hydrogens is 322 g/mol. The molecule has 1 aromatic carbocycles. The molecular formula is C17H23N5OS. The second-order valence-corrected chi connectivity index (χ2v) is 7.72. The summed E-state index contributed by atoms with van der Waals surface area (Å²) in [7, 11) is 3.67. The average Bonchev–Trinajstić information content (AvgIpc) is 2.84. The second kappa shape index (κ2) is 6.29. The minimum Gasteiger partial charge on any atom is -0.331 e. The maximum atomic E-state index is 12.4. The van der Waals surface area contributed by atoms with Crippen LogP contribution in [0, 0.1) is 5.92 Å². The molecule has 24 heavy (non-hydrogen) atoms. The molecule has 4 heterocycles. The van der Waals surface area contributed by atoms with E-state index in [2.05, 4.69) is 31.8 Å². The van der Waals surface area contributed by atoms with Crippen molar-refractivity contribution < 1.29 is 4.79 Å². The van der Waals surface area contributed by atoms with Gasteiger partial charge in [-0.25, -0.2) is 4.79 Å². The van der Waals surface area contributed by atoms with E-state index in [0.717, 1.165) is 37.2 Å². The zero-order valence-corrected chi connectivity index (χ0v) is 15.0. The summed E-state index contributed by atoms with van der Waals surface area (Å²) in [5, 5.41) is 0. The fraction of sp³-hybridized carbons (Fsp3) is 0.588. The number of urea groups is 1. The topological polar surface area (TPSA) is 52.6 Å². The van der Waals surface area contributed by atoms with Gasteiger partial charge in [0.1, 0.15) is 11.0 Å². The van der Waals surface area contributed by atoms with Crippen molar-refractivity contribution in [1.29, 1.82) is 0 Å². The van der Waals surface area contributed by atoms with Crippen molar-refractivity contribution in [2.24, 2.45) is 5.92 Å². The van der Waals surface area contributed by atoms with E-state index < -0.39 is 0 Å². The van der Waals surface area contributed by atoms with Crippen molar-refractivity contribution >= 4 is 28.8 Å². The Morgan fingerprint density at radius 3 is 2.88 bits per heavy atom. The van der Waals surface area contributed by atoms with E-state index in [0.29, 0.717) is 12.0 Å². The highest BCUT2D eigenvalue weighted by Gasteiger charge is 2.36. The Morgan fingerprint density at radius 2 is 2.04 bits per heavy atom. The number of carbonyl (C=O) groups is 1. The van der Waals surface area contributed by atoms with E-state index in [9.17, 15) is 4.79 Å². The van der Waals surface area contributed by atoms with Crippen molar-refractivity contribution in [3.8, 4) is 0 Å². The van der Waals surface area contributed by atoms with Gasteiger partial charge in [0, 0.05) is 46.3 Å². The van der Waals surface area contributed by atoms with Crippen molar-refractivity contribution in [2.75, 3.05) is 33.7 Å². The third kappa shape index (κ3) is 2.98. The molecule has 2 aromatic rings. The lowest BCUT2D eigenvalue weighted by atomic mass is 9.94. The first-order valence-electron chi connectivity index (χ1n) is 8.51. The molecule has 3 saturated heterocycles. The highest BCUT2D eigenvalue weighted by molar-refractivity contribution is 7.00. The van der Waals surface area contributed by atoms with Gasteiger partial charge in [0.05, 0.1) is 11.7 Å². The molecule has 6 nitrogen and oxygen atoms in total. The third-order valence-corrected chi connectivity index (χ3v) is 5.74. The first kappa shape index (κ1) is 15.8. The number of fused-ring (bicyclic) bond motifs is 5. The van der Waals surface area contributed by atoms with Crippen molar-refractivity contribution in [3.05, 3.63) is 23.8 Å². The zero-order valence-electron chi connectivity index (χ0n) is 14.2. The molecule has 3 fully saturated rings. The molecule has 3 aliphatic heterocycles. The summed E-state index contributed by atoms with van der Waals surface area (Å²) in [6.07, 6.45) is 2.41. The molecule has 7 heteroatoms. The summed E-state index contributed by atoms with van der Waals surface area (Å²) >= 11 is 1.27. The Labute approximate surface area is 146 Å². The second-order valence-electron chi connectivity index (χ2n) is 7.20. The maximum Gasteiger partial charge on any atom is 0.319 e. The van der Waals surface area contributed by atoms with E-state index >= 15 is 0 Å². The van der Waals surface area contributed by atoms with Crippen LogP contribution < -0.4 is 0 Å². The van der Waals surface area contributed by atoms with Crippen molar-refractivity contribution in [2.45, 2.75) is 25.4 Å². The van der Waals surface area contributed by atoms with Gasteiger partial charge in [-0.05, 0) is 36.5 Å². The fourth-order valence-electron chi connectivity index (χ4n) is 3.97. The van der Waals surface area contributed by atoms with Crippen molar-refractivity contribution in [3.63, 3.8) is 0 Å². The third-order valence-electron chi connectivity index (χ3n) is 5.18. The number of hydrogen-bond acceptors (Lipinski definition) is 5. The average molecular weight is 345 g/mol. The predicted molar refractivity (Wildman–Crippen MR) is 95.0 cm³/mol. The Balaban J connectivity index is 1.51. The Bertz CT molecular complexity index is 745. The quantitative estimate of drug-likeness (QED) is 0.838. The smallest absolute Gasteiger partial charge is 0.319 e. The molecule has 128 valence electrons. The summed E-state index contributed by atoms with van der Waals surface area (Å²) in [6, 6.07) is 6.97. The Kier molecular flexibility index (Phi) is 4.14. The van der Waals surface area contributed by atoms with E-state index in [1.54, 1.807) is 4.90 Å². The summed E-state index contributed by atoms with van der Waals surface area (Å²) < 4.78 is 8.62. The number of piperidine rings is 1. The summed E-state index contributed by atoms with van der Waals surface area (Å²) in [4.78, 5) is 18.7. The van der Waals surface area contributed by atoms with Crippen LogP contribution in [-0.2, 0) is 6.54 Å². The minimum absolute atomic E-state index is 0.142. The molecule has 5 rings (SSSR count). The van der Waals surface area contributed by atoms with Crippen molar-refractivity contribution in [1.82, 2.24) is 23.4 Å². The maximum absolute atomic E-state index is 12.4. The molecule has 0 radical (unpaired) electrons. The number of rotatable bonds is 2. The fourth-order valence-corrected chi connectivity index (χ4v) is 4.49. The number of aromatic nitrogens is 2. The van der Waals surface area contributed by atoms with E-state index in [1.807, 2.05) is 19.0 Å². The zero-order chi connectivity index (χ0) is 16.7. The molecule has 2 amide bonds. The van der Waals surface area contributed by atoms with E-state index in [-0.39, 0.29) is 6.03 Å². The van der Waals surface area contributed by atoms with Gasteiger partial charge in [0.25, 0.3) is 0 Å². The van der Waals surface area contributed by atoms with Gasteiger partial charge in [-0.3, -0.25) is 4.90 Å². The number of hydrogen-bond donors (Lipinski definition) is 0. The van der Waals surface area contributed by atoms with E-state index in [4.69, 9.17) is 0 Å². The summed E-state index contributed by atoms with van der Waals surface area (Å²) in [5.41, 5.74) is 3.25. The predicted octanol–water partition coefficient (Wildman–Crippen LogP) is 2.27. The highest BCUT2D eigenvalue weighted by atomic mass is 32.1. The number of benzene rings is 1. The molecule has 2 bridgehead atoms. The Morgan fingerprint density at radius 1 is 1.21 bits per heavy atom. The van der Waals surface area contributed by atoms with Crippen LogP contribution in [0.15, 0.2) is 18.2 Å². The van der Waals surface area contributed by atoms with E-state index in [1.165, 1.54) is 30.1 Å². The van der Waals surface area contributed by atoms with Gasteiger partial charge < -0.3 is 9.80 Å². The highest BCUT2D eigenvalue weighted by Crippen LogP contribution is 2.30. The molecule has 0 unspecified atom stereocenters. The van der Waals surface area contributed by atoms with Crippen LogP contribution in [0.4, 0.5) is 4.79 Å². The minimum atomic E-state index is 0.142. The first-order valence-corrected chi connectivity index (χ1v) is 9.24. The molecule has 0 spiro atoms. The van der Waals surface area contributed by atoms with Crippen LogP contribution in [0.3, 0.4) is 0 Å². The first-order chi connectivity index (χ1) is 11.6. The van der Waals surface area contributed by atoms with Crippen LogP contribution in [0.1, 0.15) is 18.4 Å². The number of carbonyl (C=O) groups excluding carboxylic acids is 1. The van der Waals surface area contributed by atoms with Crippen LogP contribution >= 0.6 is 11.7 Å². The summed E-state index contributed by atoms with van der Waals surface area (Å²) in [6.45, 7) is 3.74. The molecule has 0 aliphatic carbocycles. The largest absolute Gasteiger partial charge is 0.331 e. The van der Waals surface area contributed by atoms with Gasteiger partial charge in [-0.1, -0.05) is 6.07 Å². The summed E-state index contributed by atoms with van der Waals surface area (Å²) in [5.74, 6) is 0.581. The standard InChI is InChI=1S/C17H23N5OS/c1-20(2)17(23)22-10-13-3-5-14(11-22)21(9-13)8-12-4-6-15-16(7-12)19-24-18-15/h4,6-7,13-14H,3,5,8-11H2,1-2H3/t13-,14-/m1/s1. The monoisotopic (exact) mass is 345 g/mol. The van der Waals surface area contributed by atoms with Gasteiger partial charge in [-0.2, -0.15) is 8.75 Å². The normalized spacial score (nSPS) is 24.3. The molecule has 3 aliphatic rings. The van der Waals surface area contributed by atoms with Gasteiger partial charge >= 0.3 is 6.03 Å². The molecule has 1 aromatic heterocycles.